The molecule has 1 unspecified atom stereocenters. The van der Waals surface area contributed by atoms with Gasteiger partial charge in [0.1, 0.15) is 10.8 Å². The molecule has 84 valence electrons. The normalized spacial score (nSPS) is 19.7. The van der Waals surface area contributed by atoms with Gasteiger partial charge in [-0.1, -0.05) is 0 Å². The van der Waals surface area contributed by atoms with Crippen molar-refractivity contribution in [3.05, 3.63) is 39.7 Å². The smallest absolute Gasteiger partial charge is 0.110 e. The number of rotatable bonds is 2. The van der Waals surface area contributed by atoms with Crippen LogP contribution in [0.1, 0.15) is 27.8 Å². The molecule has 1 aliphatic rings. The number of hydrogen-bond acceptors (Lipinski definition) is 4. The van der Waals surface area contributed by atoms with Crippen molar-refractivity contribution < 1.29 is 4.42 Å². The summed E-state index contributed by atoms with van der Waals surface area (Å²) >= 11 is 1.79. The summed E-state index contributed by atoms with van der Waals surface area (Å²) in [5.41, 5.74) is 7.21. The van der Waals surface area contributed by atoms with Crippen LogP contribution in [-0.4, -0.2) is 11.0 Å². The summed E-state index contributed by atoms with van der Waals surface area (Å²) in [5, 5.41) is 1.15. The summed E-state index contributed by atoms with van der Waals surface area (Å²) in [6, 6.07) is 4.23. The predicted molar refractivity (Wildman–Crippen MR) is 63.6 cm³/mol. The zero-order chi connectivity index (χ0) is 11.0. The third-order valence-electron chi connectivity index (χ3n) is 2.93. The third kappa shape index (κ3) is 1.90. The average Bonchev–Trinajstić information content (AvgIpc) is 2.86. The van der Waals surface area contributed by atoms with E-state index in [0.717, 1.165) is 36.5 Å². The largest absolute Gasteiger partial charge is 0.469 e. The molecule has 0 saturated carbocycles. The quantitative estimate of drug-likeness (QED) is 0.866. The predicted octanol–water partition coefficient (Wildman–Crippen LogP) is 2.14. The van der Waals surface area contributed by atoms with Gasteiger partial charge in [-0.25, -0.2) is 4.98 Å². The van der Waals surface area contributed by atoms with E-state index in [-0.39, 0.29) is 0 Å². The highest BCUT2D eigenvalue weighted by Crippen LogP contribution is 2.27. The van der Waals surface area contributed by atoms with Crippen LogP contribution in [0.2, 0.25) is 0 Å². The molecule has 0 radical (unpaired) electrons. The van der Waals surface area contributed by atoms with Gasteiger partial charge in [-0.3, -0.25) is 0 Å². The molecule has 3 nitrogen and oxygen atoms in total. The monoisotopic (exact) mass is 234 g/mol. The molecule has 0 fully saturated rings. The van der Waals surface area contributed by atoms with Crippen molar-refractivity contribution in [2.75, 3.05) is 0 Å². The van der Waals surface area contributed by atoms with Crippen LogP contribution in [0.15, 0.2) is 22.8 Å². The molecule has 0 aromatic carbocycles. The highest BCUT2D eigenvalue weighted by Gasteiger charge is 2.20. The standard InChI is InChI=1S/C12H14N2OS/c13-8-3-4-10-11(6-8)16-12(14-10)7-9-2-1-5-15-9/h1-2,5,8H,3-4,6-7,13H2. The summed E-state index contributed by atoms with van der Waals surface area (Å²) < 4.78 is 5.33. The van der Waals surface area contributed by atoms with Gasteiger partial charge < -0.3 is 10.2 Å². The molecule has 0 spiro atoms. The van der Waals surface area contributed by atoms with E-state index < -0.39 is 0 Å². The molecule has 2 heterocycles. The molecule has 3 rings (SSSR count). The van der Waals surface area contributed by atoms with Gasteiger partial charge in [0.2, 0.25) is 0 Å². The fourth-order valence-electron chi connectivity index (χ4n) is 2.09. The topological polar surface area (TPSA) is 52.0 Å². The summed E-state index contributed by atoms with van der Waals surface area (Å²) in [6.45, 7) is 0. The van der Waals surface area contributed by atoms with E-state index in [4.69, 9.17) is 10.2 Å². The van der Waals surface area contributed by atoms with Crippen LogP contribution < -0.4 is 5.73 Å². The molecule has 0 amide bonds. The maximum absolute atomic E-state index is 5.96. The molecule has 16 heavy (non-hydrogen) atoms. The van der Waals surface area contributed by atoms with E-state index in [1.807, 2.05) is 12.1 Å². The van der Waals surface area contributed by atoms with Crippen LogP contribution in [-0.2, 0) is 19.3 Å². The van der Waals surface area contributed by atoms with E-state index in [1.54, 1.807) is 17.6 Å². The first-order valence-corrected chi connectivity index (χ1v) is 6.38. The minimum atomic E-state index is 0.324. The van der Waals surface area contributed by atoms with Crippen molar-refractivity contribution >= 4 is 11.3 Å². The second kappa shape index (κ2) is 4.03. The minimum absolute atomic E-state index is 0.324. The van der Waals surface area contributed by atoms with Gasteiger partial charge >= 0.3 is 0 Å². The molecule has 1 atom stereocenters. The van der Waals surface area contributed by atoms with Crippen molar-refractivity contribution in [1.82, 2.24) is 4.98 Å². The number of hydrogen-bond donors (Lipinski definition) is 1. The highest BCUT2D eigenvalue weighted by atomic mass is 32.1. The van der Waals surface area contributed by atoms with Crippen molar-refractivity contribution in [3.63, 3.8) is 0 Å². The van der Waals surface area contributed by atoms with E-state index in [2.05, 4.69) is 4.98 Å². The molecular formula is C12H14N2OS. The maximum Gasteiger partial charge on any atom is 0.110 e. The van der Waals surface area contributed by atoms with Gasteiger partial charge in [-0.2, -0.15) is 0 Å². The lowest BCUT2D eigenvalue weighted by atomic mass is 9.99. The Bertz CT molecular complexity index is 475. The lowest BCUT2D eigenvalue weighted by Gasteiger charge is -2.15. The van der Waals surface area contributed by atoms with E-state index >= 15 is 0 Å². The van der Waals surface area contributed by atoms with Crippen molar-refractivity contribution in [1.29, 1.82) is 0 Å². The SMILES string of the molecule is NC1CCc2nc(Cc3ccco3)sc2C1. The van der Waals surface area contributed by atoms with E-state index in [0.29, 0.717) is 6.04 Å². The van der Waals surface area contributed by atoms with Gasteiger partial charge in [0.15, 0.2) is 0 Å². The molecule has 1 aliphatic carbocycles. The zero-order valence-corrected chi connectivity index (χ0v) is 9.80. The molecule has 0 saturated heterocycles. The maximum atomic E-state index is 5.96. The fourth-order valence-corrected chi connectivity index (χ4v) is 3.31. The Balaban J connectivity index is 1.82. The Morgan fingerprint density at radius 3 is 3.31 bits per heavy atom. The van der Waals surface area contributed by atoms with Gasteiger partial charge in [0, 0.05) is 10.9 Å². The summed E-state index contributed by atoms with van der Waals surface area (Å²) in [4.78, 5) is 6.04. The molecule has 2 aromatic rings. The fraction of sp³-hybridized carbons (Fsp3) is 0.417. The van der Waals surface area contributed by atoms with Crippen LogP contribution in [0.25, 0.3) is 0 Å². The number of aryl methyl sites for hydroxylation is 1. The van der Waals surface area contributed by atoms with Crippen molar-refractivity contribution in [2.45, 2.75) is 31.7 Å². The molecule has 4 heteroatoms. The summed E-state index contributed by atoms with van der Waals surface area (Å²) in [6.07, 6.45) is 5.60. The van der Waals surface area contributed by atoms with Crippen LogP contribution >= 0.6 is 11.3 Å². The second-order valence-corrected chi connectivity index (χ2v) is 5.40. The Labute approximate surface area is 98.3 Å². The first kappa shape index (κ1) is 10.1. The lowest BCUT2D eigenvalue weighted by Crippen LogP contribution is -2.26. The van der Waals surface area contributed by atoms with Crippen molar-refractivity contribution in [2.24, 2.45) is 5.73 Å². The van der Waals surface area contributed by atoms with Gasteiger partial charge in [-0.15, -0.1) is 11.3 Å². The molecule has 2 N–H and O–H groups in total. The number of aromatic nitrogens is 1. The summed E-state index contributed by atoms with van der Waals surface area (Å²) in [5.74, 6) is 0.982. The second-order valence-electron chi connectivity index (χ2n) is 4.24. The molecular weight excluding hydrogens is 220 g/mol. The first-order valence-electron chi connectivity index (χ1n) is 5.56. The Morgan fingerprint density at radius 2 is 2.50 bits per heavy atom. The van der Waals surface area contributed by atoms with Crippen LogP contribution in [0.3, 0.4) is 0 Å². The average molecular weight is 234 g/mol. The third-order valence-corrected chi connectivity index (χ3v) is 4.05. The molecule has 0 bridgehead atoms. The zero-order valence-electron chi connectivity index (χ0n) is 8.98. The number of thiazole rings is 1. The van der Waals surface area contributed by atoms with Gasteiger partial charge in [-0.05, 0) is 31.4 Å². The molecule has 0 aliphatic heterocycles. The van der Waals surface area contributed by atoms with Crippen molar-refractivity contribution in [3.8, 4) is 0 Å². The number of nitrogens with zero attached hydrogens (tertiary/aromatic N) is 1. The van der Waals surface area contributed by atoms with Crippen LogP contribution in [0.5, 0.6) is 0 Å². The first-order chi connectivity index (χ1) is 7.81. The molecule has 2 aromatic heterocycles. The highest BCUT2D eigenvalue weighted by molar-refractivity contribution is 7.11. The van der Waals surface area contributed by atoms with Gasteiger partial charge in [0.05, 0.1) is 18.4 Å². The Morgan fingerprint density at radius 1 is 1.56 bits per heavy atom. The van der Waals surface area contributed by atoms with Crippen LogP contribution in [0.4, 0.5) is 0 Å². The number of nitrogens with two attached hydrogens (primary N) is 1. The number of furan rings is 1. The van der Waals surface area contributed by atoms with Gasteiger partial charge in [0.25, 0.3) is 0 Å². The summed E-state index contributed by atoms with van der Waals surface area (Å²) in [7, 11) is 0. The Kier molecular flexibility index (Phi) is 2.53. The van der Waals surface area contributed by atoms with E-state index in [1.165, 1.54) is 10.6 Å². The minimum Gasteiger partial charge on any atom is -0.469 e. The number of fused-ring (bicyclic) bond motifs is 1. The van der Waals surface area contributed by atoms with Crippen LogP contribution in [0, 0.1) is 0 Å². The van der Waals surface area contributed by atoms with E-state index in [9.17, 15) is 0 Å². The Hall–Kier alpha value is -1.13. The lowest BCUT2D eigenvalue weighted by molar-refractivity contribution is 0.520.